The van der Waals surface area contributed by atoms with Gasteiger partial charge in [-0.2, -0.15) is 0 Å². The van der Waals surface area contributed by atoms with Crippen molar-refractivity contribution in [2.75, 3.05) is 30.6 Å². The van der Waals surface area contributed by atoms with Crippen molar-refractivity contribution in [2.45, 2.75) is 30.1 Å². The molecule has 36 heavy (non-hydrogen) atoms. The standard InChI is InChI=1S/C27H28Cl2N2O4S/c1-20-7-10-23(11-8-20)36(33,34)31(22-9-12-24(28)25(29)17-22)18-26(32)30-19-27(13-15-35-16-14-27)21-5-3-2-4-6-21/h2-12,17H,13-16,18-19H2,1H3,(H,30,32). The minimum absolute atomic E-state index is 0.0807. The topological polar surface area (TPSA) is 75.7 Å². The molecule has 1 N–H and O–H groups in total. The third kappa shape index (κ3) is 5.86. The van der Waals surface area contributed by atoms with Gasteiger partial charge in [0.15, 0.2) is 0 Å². The highest BCUT2D eigenvalue weighted by atomic mass is 35.5. The third-order valence-electron chi connectivity index (χ3n) is 6.55. The van der Waals surface area contributed by atoms with Crippen LogP contribution in [0.25, 0.3) is 0 Å². The number of nitrogens with zero attached hydrogens (tertiary/aromatic N) is 1. The van der Waals surface area contributed by atoms with E-state index < -0.39 is 22.5 Å². The van der Waals surface area contributed by atoms with Crippen LogP contribution in [0, 0.1) is 6.92 Å². The van der Waals surface area contributed by atoms with Crippen molar-refractivity contribution >= 4 is 44.8 Å². The molecule has 9 heteroatoms. The number of benzene rings is 3. The fourth-order valence-corrected chi connectivity index (χ4v) is 6.07. The molecular weight excluding hydrogens is 519 g/mol. The highest BCUT2D eigenvalue weighted by Crippen LogP contribution is 2.34. The van der Waals surface area contributed by atoms with Crippen LogP contribution in [0.3, 0.4) is 0 Å². The average molecular weight is 548 g/mol. The number of rotatable bonds is 8. The third-order valence-corrected chi connectivity index (χ3v) is 9.07. The van der Waals surface area contributed by atoms with Crippen molar-refractivity contribution in [3.05, 3.63) is 94.0 Å². The van der Waals surface area contributed by atoms with E-state index >= 15 is 0 Å². The normalized spacial score (nSPS) is 15.3. The Labute approximate surface area is 222 Å². The number of ether oxygens (including phenoxy) is 1. The summed E-state index contributed by atoms with van der Waals surface area (Å²) < 4.78 is 33.9. The SMILES string of the molecule is Cc1ccc(S(=O)(=O)N(CC(=O)NCC2(c3ccccc3)CCOCC2)c2ccc(Cl)c(Cl)c2)cc1. The van der Waals surface area contributed by atoms with E-state index in [0.29, 0.717) is 24.8 Å². The van der Waals surface area contributed by atoms with Crippen molar-refractivity contribution < 1.29 is 17.9 Å². The van der Waals surface area contributed by atoms with E-state index in [9.17, 15) is 13.2 Å². The van der Waals surface area contributed by atoms with Crippen LogP contribution in [0.4, 0.5) is 5.69 Å². The number of anilines is 1. The van der Waals surface area contributed by atoms with Gasteiger partial charge in [-0.1, -0.05) is 71.2 Å². The first-order chi connectivity index (χ1) is 17.2. The van der Waals surface area contributed by atoms with E-state index in [4.69, 9.17) is 27.9 Å². The van der Waals surface area contributed by atoms with Gasteiger partial charge < -0.3 is 10.1 Å². The molecule has 1 aliphatic heterocycles. The molecule has 6 nitrogen and oxygen atoms in total. The van der Waals surface area contributed by atoms with Gasteiger partial charge in [0.25, 0.3) is 10.0 Å². The second kappa shape index (κ2) is 11.2. The number of sulfonamides is 1. The Morgan fingerprint density at radius 3 is 2.28 bits per heavy atom. The minimum atomic E-state index is -4.06. The van der Waals surface area contributed by atoms with Crippen LogP contribution < -0.4 is 9.62 Å². The summed E-state index contributed by atoms with van der Waals surface area (Å²) in [5, 5.41) is 3.48. The maximum absolute atomic E-state index is 13.6. The number of amides is 1. The lowest BCUT2D eigenvalue weighted by Crippen LogP contribution is -2.48. The van der Waals surface area contributed by atoms with Gasteiger partial charge in [-0.05, 0) is 55.7 Å². The summed E-state index contributed by atoms with van der Waals surface area (Å²) in [7, 11) is -4.06. The van der Waals surface area contributed by atoms with E-state index in [1.807, 2.05) is 25.1 Å². The Balaban J connectivity index is 1.60. The molecule has 1 saturated heterocycles. The molecule has 1 fully saturated rings. The van der Waals surface area contributed by atoms with Gasteiger partial charge in [0.1, 0.15) is 6.54 Å². The summed E-state index contributed by atoms with van der Waals surface area (Å²) in [4.78, 5) is 13.3. The Hall–Kier alpha value is -2.58. The van der Waals surface area contributed by atoms with Crippen LogP contribution >= 0.6 is 23.2 Å². The zero-order chi connectivity index (χ0) is 25.8. The lowest BCUT2D eigenvalue weighted by atomic mass is 9.74. The molecule has 3 aromatic rings. The van der Waals surface area contributed by atoms with E-state index in [-0.39, 0.29) is 21.0 Å². The molecule has 3 aromatic carbocycles. The van der Waals surface area contributed by atoms with Gasteiger partial charge in [-0.15, -0.1) is 0 Å². The number of carbonyl (C=O) groups excluding carboxylic acids is 1. The Morgan fingerprint density at radius 2 is 1.64 bits per heavy atom. The number of hydrogen-bond donors (Lipinski definition) is 1. The molecule has 1 heterocycles. The number of nitrogens with one attached hydrogen (secondary N) is 1. The monoisotopic (exact) mass is 546 g/mol. The first-order valence-corrected chi connectivity index (χ1v) is 13.9. The molecule has 0 spiro atoms. The Bertz CT molecular complexity index is 1310. The first kappa shape index (κ1) is 26.5. The second-order valence-corrected chi connectivity index (χ2v) is 11.6. The first-order valence-electron chi connectivity index (χ1n) is 11.7. The van der Waals surface area contributed by atoms with Gasteiger partial charge in [0.2, 0.25) is 5.91 Å². The van der Waals surface area contributed by atoms with Crippen molar-refractivity contribution in [3.8, 4) is 0 Å². The lowest BCUT2D eigenvalue weighted by Gasteiger charge is -2.38. The lowest BCUT2D eigenvalue weighted by molar-refractivity contribution is -0.120. The summed E-state index contributed by atoms with van der Waals surface area (Å²) >= 11 is 12.3. The summed E-state index contributed by atoms with van der Waals surface area (Å²) in [5.41, 5.74) is 2.03. The van der Waals surface area contributed by atoms with Crippen molar-refractivity contribution in [3.63, 3.8) is 0 Å². The molecule has 0 aliphatic carbocycles. The van der Waals surface area contributed by atoms with E-state index in [0.717, 1.165) is 28.3 Å². The fourth-order valence-electron chi connectivity index (χ4n) is 4.37. The zero-order valence-electron chi connectivity index (χ0n) is 19.9. The van der Waals surface area contributed by atoms with Crippen LogP contribution in [-0.2, 0) is 25.0 Å². The van der Waals surface area contributed by atoms with Gasteiger partial charge in [0.05, 0.1) is 20.6 Å². The number of aryl methyl sites for hydroxylation is 1. The maximum atomic E-state index is 13.6. The molecule has 0 unspecified atom stereocenters. The largest absolute Gasteiger partial charge is 0.381 e. The molecule has 0 saturated carbocycles. The summed E-state index contributed by atoms with van der Waals surface area (Å²) in [5.74, 6) is -0.418. The Kier molecular flexibility index (Phi) is 8.25. The molecule has 0 radical (unpaired) electrons. The smallest absolute Gasteiger partial charge is 0.264 e. The number of hydrogen-bond acceptors (Lipinski definition) is 4. The highest BCUT2D eigenvalue weighted by Gasteiger charge is 2.35. The molecule has 1 aliphatic rings. The predicted molar refractivity (Wildman–Crippen MR) is 143 cm³/mol. The van der Waals surface area contributed by atoms with E-state index in [2.05, 4.69) is 17.4 Å². The number of carbonyl (C=O) groups is 1. The second-order valence-electron chi connectivity index (χ2n) is 8.96. The molecule has 190 valence electrons. The van der Waals surface area contributed by atoms with E-state index in [1.54, 1.807) is 12.1 Å². The fraction of sp³-hybridized carbons (Fsp3) is 0.296. The number of halogens is 2. The van der Waals surface area contributed by atoms with Crippen LogP contribution in [0.2, 0.25) is 10.0 Å². The molecule has 0 atom stereocenters. The van der Waals surface area contributed by atoms with Gasteiger partial charge in [0, 0.05) is 25.2 Å². The quantitative estimate of drug-likeness (QED) is 0.412. The molecule has 0 bridgehead atoms. The van der Waals surface area contributed by atoms with Gasteiger partial charge in [-0.3, -0.25) is 9.10 Å². The molecular formula is C27H28Cl2N2O4S. The highest BCUT2D eigenvalue weighted by molar-refractivity contribution is 7.92. The molecule has 1 amide bonds. The molecule has 0 aromatic heterocycles. The van der Waals surface area contributed by atoms with Crippen LogP contribution in [-0.4, -0.2) is 40.6 Å². The van der Waals surface area contributed by atoms with Gasteiger partial charge in [-0.25, -0.2) is 8.42 Å². The van der Waals surface area contributed by atoms with Crippen LogP contribution in [0.5, 0.6) is 0 Å². The van der Waals surface area contributed by atoms with Crippen molar-refractivity contribution in [2.24, 2.45) is 0 Å². The Morgan fingerprint density at radius 1 is 0.972 bits per heavy atom. The zero-order valence-corrected chi connectivity index (χ0v) is 22.2. The van der Waals surface area contributed by atoms with E-state index in [1.165, 1.54) is 30.3 Å². The molecule has 4 rings (SSSR count). The minimum Gasteiger partial charge on any atom is -0.381 e. The van der Waals surface area contributed by atoms with Crippen LogP contribution in [0.15, 0.2) is 77.7 Å². The van der Waals surface area contributed by atoms with Gasteiger partial charge >= 0.3 is 0 Å². The van der Waals surface area contributed by atoms with Crippen LogP contribution in [0.1, 0.15) is 24.0 Å². The summed E-state index contributed by atoms with van der Waals surface area (Å²) in [6, 6.07) is 21.0. The maximum Gasteiger partial charge on any atom is 0.264 e. The average Bonchev–Trinajstić information content (AvgIpc) is 2.89. The summed E-state index contributed by atoms with van der Waals surface area (Å²) in [6.07, 6.45) is 1.52. The van der Waals surface area contributed by atoms with Crippen molar-refractivity contribution in [1.82, 2.24) is 5.32 Å². The summed E-state index contributed by atoms with van der Waals surface area (Å²) in [6.45, 7) is 3.04. The van der Waals surface area contributed by atoms with Crippen molar-refractivity contribution in [1.29, 1.82) is 0 Å². The predicted octanol–water partition coefficient (Wildman–Crippen LogP) is 5.36.